The summed E-state index contributed by atoms with van der Waals surface area (Å²) in [5.74, 6) is 0.0312. The van der Waals surface area contributed by atoms with Gasteiger partial charge in [-0.25, -0.2) is 0 Å². The molecule has 1 aliphatic heterocycles. The van der Waals surface area contributed by atoms with Gasteiger partial charge in [0.25, 0.3) is 0 Å². The van der Waals surface area contributed by atoms with Crippen molar-refractivity contribution in [3.63, 3.8) is 0 Å². The van der Waals surface area contributed by atoms with E-state index < -0.39 is 18.0 Å². The molecular formula is C25H26O6. The van der Waals surface area contributed by atoms with E-state index >= 15 is 0 Å². The summed E-state index contributed by atoms with van der Waals surface area (Å²) in [5, 5.41) is 13.5. The summed E-state index contributed by atoms with van der Waals surface area (Å²) in [7, 11) is 4.55. The second kappa shape index (κ2) is 8.86. The Bertz CT molecular complexity index is 1060. The molecule has 1 saturated heterocycles. The number of carbonyl (C=O) groups is 1. The van der Waals surface area contributed by atoms with E-state index in [2.05, 4.69) is 24.3 Å². The molecule has 0 aromatic heterocycles. The zero-order valence-electron chi connectivity index (χ0n) is 17.8. The predicted octanol–water partition coefficient (Wildman–Crippen LogP) is 3.93. The molecule has 3 atom stereocenters. The zero-order valence-corrected chi connectivity index (χ0v) is 17.8. The van der Waals surface area contributed by atoms with Gasteiger partial charge >= 0.3 is 5.97 Å². The van der Waals surface area contributed by atoms with Gasteiger partial charge in [-0.3, -0.25) is 4.79 Å². The largest absolute Gasteiger partial charge is 0.493 e. The molecule has 3 aromatic rings. The minimum atomic E-state index is -1.07. The highest BCUT2D eigenvalue weighted by atomic mass is 16.5. The maximum Gasteiger partial charge on any atom is 0.312 e. The highest BCUT2D eigenvalue weighted by Gasteiger charge is 2.43. The first-order valence-corrected chi connectivity index (χ1v) is 10.2. The molecule has 1 N–H and O–H groups in total. The number of ether oxygens (including phenoxy) is 4. The van der Waals surface area contributed by atoms with Crippen LogP contribution in [0.3, 0.4) is 0 Å². The topological polar surface area (TPSA) is 74.2 Å². The second-order valence-corrected chi connectivity index (χ2v) is 7.66. The number of hydrogen-bond donors (Lipinski definition) is 1. The minimum absolute atomic E-state index is 0.160. The van der Waals surface area contributed by atoms with Crippen molar-refractivity contribution in [2.45, 2.75) is 12.5 Å². The standard InChI is InChI=1S/C25H26O6/c1-28-20-12-17(13-21(29-2)24(20)30-3)23(26)22-18(14-31-25(22)27)11-16-9-6-8-15-7-4-5-10-19(15)16/h4-10,12-13,18,22-23,26H,11,14H2,1-3H3/t18-,22-,23+/m1/s1. The third kappa shape index (κ3) is 3.91. The first-order chi connectivity index (χ1) is 15.1. The van der Waals surface area contributed by atoms with Crippen molar-refractivity contribution in [3.8, 4) is 17.2 Å². The van der Waals surface area contributed by atoms with E-state index in [-0.39, 0.29) is 12.5 Å². The molecular weight excluding hydrogens is 396 g/mol. The van der Waals surface area contributed by atoms with Crippen molar-refractivity contribution in [3.05, 3.63) is 65.7 Å². The molecule has 31 heavy (non-hydrogen) atoms. The Labute approximate surface area is 181 Å². The lowest BCUT2D eigenvalue weighted by Gasteiger charge is -2.23. The van der Waals surface area contributed by atoms with Gasteiger partial charge in [-0.15, -0.1) is 0 Å². The monoisotopic (exact) mass is 422 g/mol. The summed E-state index contributed by atoms with van der Waals surface area (Å²) in [6, 6.07) is 17.6. The van der Waals surface area contributed by atoms with E-state index in [0.29, 0.717) is 29.2 Å². The fraction of sp³-hybridized carbons (Fsp3) is 0.320. The first kappa shape index (κ1) is 21.0. The highest BCUT2D eigenvalue weighted by Crippen LogP contribution is 2.43. The SMILES string of the molecule is COc1cc([C@H](O)[C@@H]2C(=O)OC[C@H]2Cc2cccc3ccccc23)cc(OC)c1OC. The molecule has 1 aliphatic rings. The summed E-state index contributed by atoms with van der Waals surface area (Å²) < 4.78 is 21.5. The number of benzene rings is 3. The van der Waals surface area contributed by atoms with E-state index in [9.17, 15) is 9.90 Å². The lowest BCUT2D eigenvalue weighted by Crippen LogP contribution is -2.25. The summed E-state index contributed by atoms with van der Waals surface area (Å²) in [6.45, 7) is 0.272. The molecule has 162 valence electrons. The van der Waals surface area contributed by atoms with Gasteiger partial charge in [0.15, 0.2) is 11.5 Å². The number of carbonyl (C=O) groups excluding carboxylic acids is 1. The molecule has 0 radical (unpaired) electrons. The van der Waals surface area contributed by atoms with Gasteiger partial charge in [0.05, 0.1) is 40.0 Å². The van der Waals surface area contributed by atoms with Crippen LogP contribution in [0.15, 0.2) is 54.6 Å². The van der Waals surface area contributed by atoms with Gasteiger partial charge in [-0.1, -0.05) is 42.5 Å². The summed E-state index contributed by atoms with van der Waals surface area (Å²) in [4.78, 5) is 12.6. The Morgan fingerprint density at radius 1 is 1.00 bits per heavy atom. The number of aliphatic hydroxyl groups is 1. The van der Waals surface area contributed by atoms with Gasteiger partial charge in [0.1, 0.15) is 0 Å². The van der Waals surface area contributed by atoms with E-state index in [0.717, 1.165) is 16.3 Å². The third-order valence-electron chi connectivity index (χ3n) is 5.95. The number of hydrogen-bond acceptors (Lipinski definition) is 6. The van der Waals surface area contributed by atoms with Gasteiger partial charge in [0.2, 0.25) is 5.75 Å². The zero-order chi connectivity index (χ0) is 22.0. The van der Waals surface area contributed by atoms with Crippen LogP contribution in [0.4, 0.5) is 0 Å². The molecule has 0 saturated carbocycles. The number of esters is 1. The van der Waals surface area contributed by atoms with Crippen LogP contribution in [0.1, 0.15) is 17.2 Å². The van der Waals surface area contributed by atoms with Crippen molar-refractivity contribution in [1.29, 1.82) is 0 Å². The van der Waals surface area contributed by atoms with E-state index in [4.69, 9.17) is 18.9 Å². The van der Waals surface area contributed by atoms with Crippen LogP contribution in [0, 0.1) is 11.8 Å². The molecule has 0 unspecified atom stereocenters. The summed E-state index contributed by atoms with van der Waals surface area (Å²) >= 11 is 0. The van der Waals surface area contributed by atoms with Gasteiger partial charge in [-0.2, -0.15) is 0 Å². The van der Waals surface area contributed by atoms with Gasteiger partial charge in [0, 0.05) is 5.92 Å². The Morgan fingerprint density at radius 2 is 1.68 bits per heavy atom. The summed E-state index contributed by atoms with van der Waals surface area (Å²) in [6.07, 6.45) is -0.442. The molecule has 6 heteroatoms. The van der Waals surface area contributed by atoms with Crippen molar-refractivity contribution in [2.24, 2.45) is 11.8 Å². The molecule has 1 heterocycles. The summed E-state index contributed by atoms with van der Waals surface area (Å²) in [5.41, 5.74) is 1.64. The number of methoxy groups -OCH3 is 3. The quantitative estimate of drug-likeness (QED) is 0.582. The maximum atomic E-state index is 12.6. The minimum Gasteiger partial charge on any atom is -0.493 e. The smallest absolute Gasteiger partial charge is 0.312 e. The Hall–Kier alpha value is -3.25. The van der Waals surface area contributed by atoms with Crippen molar-refractivity contribution in [2.75, 3.05) is 27.9 Å². The van der Waals surface area contributed by atoms with Crippen molar-refractivity contribution < 1.29 is 28.8 Å². The van der Waals surface area contributed by atoms with Gasteiger partial charge in [-0.05, 0) is 40.5 Å². The van der Waals surface area contributed by atoms with Crippen LogP contribution in [0.25, 0.3) is 10.8 Å². The average Bonchev–Trinajstić information content (AvgIpc) is 3.17. The van der Waals surface area contributed by atoms with Crippen LogP contribution in [-0.2, 0) is 16.0 Å². The van der Waals surface area contributed by atoms with Crippen molar-refractivity contribution >= 4 is 16.7 Å². The Balaban J connectivity index is 1.67. The molecule has 0 spiro atoms. The van der Waals surface area contributed by atoms with Crippen LogP contribution in [0.2, 0.25) is 0 Å². The third-order valence-corrected chi connectivity index (χ3v) is 5.95. The molecule has 4 rings (SSSR count). The lowest BCUT2D eigenvalue weighted by atomic mass is 9.82. The molecule has 3 aromatic carbocycles. The Kier molecular flexibility index (Phi) is 6.00. The first-order valence-electron chi connectivity index (χ1n) is 10.2. The van der Waals surface area contributed by atoms with Crippen LogP contribution in [0.5, 0.6) is 17.2 Å². The molecule has 0 aliphatic carbocycles. The second-order valence-electron chi connectivity index (χ2n) is 7.66. The molecule has 0 bridgehead atoms. The lowest BCUT2D eigenvalue weighted by molar-refractivity contribution is -0.144. The van der Waals surface area contributed by atoms with Crippen LogP contribution >= 0.6 is 0 Å². The van der Waals surface area contributed by atoms with Crippen LogP contribution in [-0.4, -0.2) is 39.0 Å². The number of cyclic esters (lactones) is 1. The molecule has 1 fully saturated rings. The number of fused-ring (bicyclic) bond motifs is 1. The molecule has 0 amide bonds. The normalized spacial score (nSPS) is 19.2. The molecule has 6 nitrogen and oxygen atoms in total. The Morgan fingerprint density at radius 3 is 2.35 bits per heavy atom. The predicted molar refractivity (Wildman–Crippen MR) is 117 cm³/mol. The van der Waals surface area contributed by atoms with E-state index in [1.54, 1.807) is 12.1 Å². The van der Waals surface area contributed by atoms with E-state index in [1.165, 1.54) is 21.3 Å². The van der Waals surface area contributed by atoms with Crippen molar-refractivity contribution in [1.82, 2.24) is 0 Å². The fourth-order valence-corrected chi connectivity index (χ4v) is 4.39. The van der Waals surface area contributed by atoms with Crippen LogP contribution < -0.4 is 14.2 Å². The maximum absolute atomic E-state index is 12.6. The fourth-order valence-electron chi connectivity index (χ4n) is 4.39. The highest BCUT2D eigenvalue weighted by molar-refractivity contribution is 5.86. The van der Waals surface area contributed by atoms with Gasteiger partial charge < -0.3 is 24.1 Å². The van der Waals surface area contributed by atoms with E-state index in [1.807, 2.05) is 18.2 Å². The average molecular weight is 422 g/mol. The number of aliphatic hydroxyl groups excluding tert-OH is 1. The number of rotatable bonds is 7.